The number of Topliss-reactive ketones (excluding diaryl/α,β-unsaturated/α-hetero) is 1. The van der Waals surface area contributed by atoms with Crippen LogP contribution in [0.5, 0.6) is 11.5 Å². The van der Waals surface area contributed by atoms with Gasteiger partial charge in [-0.25, -0.2) is 4.79 Å². The predicted molar refractivity (Wildman–Crippen MR) is 92.9 cm³/mol. The Morgan fingerprint density at radius 1 is 0.923 bits per heavy atom. The summed E-state index contributed by atoms with van der Waals surface area (Å²) in [6, 6.07) is 15.7. The molecule has 0 bridgehead atoms. The lowest BCUT2D eigenvalue weighted by Gasteiger charge is -2.07. The van der Waals surface area contributed by atoms with E-state index >= 15 is 0 Å². The first-order valence-electron chi connectivity index (χ1n) is 8.04. The van der Waals surface area contributed by atoms with Crippen molar-refractivity contribution in [3.05, 3.63) is 78.1 Å². The van der Waals surface area contributed by atoms with Gasteiger partial charge in [-0.05, 0) is 54.6 Å². The molecule has 4 rings (SSSR count). The molecule has 6 heteroatoms. The number of carbonyl (C=O) groups is 2. The lowest BCUT2D eigenvalue weighted by Crippen LogP contribution is -2.14. The number of carbonyl (C=O) groups excluding carboxylic acids is 2. The number of hydrogen-bond donors (Lipinski definition) is 0. The summed E-state index contributed by atoms with van der Waals surface area (Å²) < 4.78 is 17.5. The standard InChI is InChI=1S/C20H15NO5/c22-17(15-5-8-18-19(11-15)26-13-25-18)12-24-20(23)14-3-6-16(7-4-14)21-9-1-2-10-21/h1-11H,12-13H2. The van der Waals surface area contributed by atoms with Gasteiger partial charge in [0.15, 0.2) is 23.9 Å². The fourth-order valence-corrected chi connectivity index (χ4v) is 2.64. The molecular formula is C20H15NO5. The van der Waals surface area contributed by atoms with Crippen molar-refractivity contribution in [1.82, 2.24) is 4.57 Å². The zero-order valence-corrected chi connectivity index (χ0v) is 13.8. The van der Waals surface area contributed by atoms with Crippen LogP contribution in [-0.2, 0) is 4.74 Å². The summed E-state index contributed by atoms with van der Waals surface area (Å²) in [5.41, 5.74) is 1.73. The van der Waals surface area contributed by atoms with Gasteiger partial charge in [0.1, 0.15) is 0 Å². The van der Waals surface area contributed by atoms with Gasteiger partial charge < -0.3 is 18.8 Å². The molecule has 0 fully saturated rings. The van der Waals surface area contributed by atoms with Crippen LogP contribution in [0.25, 0.3) is 5.69 Å². The van der Waals surface area contributed by atoms with Crippen molar-refractivity contribution in [2.75, 3.05) is 13.4 Å². The first-order chi connectivity index (χ1) is 12.7. The number of aromatic nitrogens is 1. The van der Waals surface area contributed by atoms with Gasteiger partial charge in [0.2, 0.25) is 6.79 Å². The van der Waals surface area contributed by atoms with Crippen molar-refractivity contribution >= 4 is 11.8 Å². The van der Waals surface area contributed by atoms with E-state index in [1.807, 2.05) is 41.2 Å². The fraction of sp³-hybridized carbons (Fsp3) is 0.100. The minimum Gasteiger partial charge on any atom is -0.454 e. The van der Waals surface area contributed by atoms with Crippen LogP contribution in [0.15, 0.2) is 67.0 Å². The number of nitrogens with zero attached hydrogens (tertiary/aromatic N) is 1. The molecule has 1 aromatic heterocycles. The summed E-state index contributed by atoms with van der Waals surface area (Å²) >= 11 is 0. The smallest absolute Gasteiger partial charge is 0.338 e. The molecule has 0 saturated heterocycles. The van der Waals surface area contributed by atoms with Crippen molar-refractivity contribution in [2.45, 2.75) is 0 Å². The third kappa shape index (κ3) is 3.17. The first kappa shape index (κ1) is 16.0. The summed E-state index contributed by atoms with van der Waals surface area (Å²) in [5, 5.41) is 0. The highest BCUT2D eigenvalue weighted by atomic mass is 16.7. The van der Waals surface area contributed by atoms with Crippen LogP contribution < -0.4 is 9.47 Å². The van der Waals surface area contributed by atoms with Gasteiger partial charge in [0.05, 0.1) is 5.56 Å². The SMILES string of the molecule is O=C(COC(=O)c1ccc(-n2cccc2)cc1)c1ccc2c(c1)OCO2. The molecular weight excluding hydrogens is 334 g/mol. The number of benzene rings is 2. The Hall–Kier alpha value is -3.54. The Balaban J connectivity index is 1.38. The minimum atomic E-state index is -0.543. The summed E-state index contributed by atoms with van der Waals surface area (Å²) in [4.78, 5) is 24.4. The maximum atomic E-state index is 12.2. The van der Waals surface area contributed by atoms with E-state index in [9.17, 15) is 9.59 Å². The van der Waals surface area contributed by atoms with Gasteiger partial charge in [-0.1, -0.05) is 0 Å². The van der Waals surface area contributed by atoms with Crippen LogP contribution in [0.3, 0.4) is 0 Å². The van der Waals surface area contributed by atoms with E-state index in [0.717, 1.165) is 5.69 Å². The van der Waals surface area contributed by atoms with E-state index in [2.05, 4.69) is 0 Å². The maximum Gasteiger partial charge on any atom is 0.338 e. The molecule has 2 heterocycles. The predicted octanol–water partition coefficient (Wildman–Crippen LogP) is 3.25. The molecule has 3 aromatic rings. The lowest BCUT2D eigenvalue weighted by molar-refractivity contribution is 0.0474. The van der Waals surface area contributed by atoms with Crippen LogP contribution in [0.1, 0.15) is 20.7 Å². The molecule has 0 atom stereocenters. The van der Waals surface area contributed by atoms with Gasteiger partial charge in [0.25, 0.3) is 0 Å². The Kier molecular flexibility index (Phi) is 4.15. The minimum absolute atomic E-state index is 0.140. The molecule has 0 aliphatic carbocycles. The van der Waals surface area contributed by atoms with Crippen LogP contribution in [0.4, 0.5) is 0 Å². The Morgan fingerprint density at radius 2 is 1.62 bits per heavy atom. The highest BCUT2D eigenvalue weighted by Crippen LogP contribution is 2.32. The number of ketones is 1. The van der Waals surface area contributed by atoms with Crippen LogP contribution in [-0.4, -0.2) is 29.7 Å². The van der Waals surface area contributed by atoms with Gasteiger partial charge in [-0.15, -0.1) is 0 Å². The molecule has 1 aliphatic rings. The average Bonchev–Trinajstić information content (AvgIpc) is 3.37. The van der Waals surface area contributed by atoms with Gasteiger partial charge in [-0.2, -0.15) is 0 Å². The highest BCUT2D eigenvalue weighted by molar-refractivity contribution is 5.99. The summed E-state index contributed by atoms with van der Waals surface area (Å²) in [6.45, 7) is -0.196. The Morgan fingerprint density at radius 3 is 2.38 bits per heavy atom. The van der Waals surface area contributed by atoms with E-state index in [-0.39, 0.29) is 19.2 Å². The summed E-state index contributed by atoms with van der Waals surface area (Å²) in [7, 11) is 0. The van der Waals surface area contributed by atoms with Crippen LogP contribution in [0, 0.1) is 0 Å². The molecule has 2 aromatic carbocycles. The highest BCUT2D eigenvalue weighted by Gasteiger charge is 2.17. The van der Waals surface area contributed by atoms with E-state index in [4.69, 9.17) is 14.2 Å². The Labute approximate surface area is 149 Å². The molecule has 0 amide bonds. The van der Waals surface area contributed by atoms with Crippen LogP contribution in [0.2, 0.25) is 0 Å². The van der Waals surface area contributed by atoms with E-state index in [1.165, 1.54) is 0 Å². The average molecular weight is 349 g/mol. The molecule has 0 unspecified atom stereocenters. The molecule has 0 spiro atoms. The molecule has 1 aliphatic heterocycles. The van der Waals surface area contributed by atoms with E-state index in [1.54, 1.807) is 30.3 Å². The number of rotatable bonds is 5. The van der Waals surface area contributed by atoms with Gasteiger partial charge in [0, 0.05) is 23.6 Å². The number of fused-ring (bicyclic) bond motifs is 1. The molecule has 6 nitrogen and oxygen atoms in total. The van der Waals surface area contributed by atoms with Crippen molar-refractivity contribution in [3.63, 3.8) is 0 Å². The van der Waals surface area contributed by atoms with E-state index < -0.39 is 5.97 Å². The zero-order valence-electron chi connectivity index (χ0n) is 13.8. The van der Waals surface area contributed by atoms with Crippen molar-refractivity contribution in [1.29, 1.82) is 0 Å². The second-order valence-corrected chi connectivity index (χ2v) is 5.70. The third-order valence-corrected chi connectivity index (χ3v) is 4.03. The lowest BCUT2D eigenvalue weighted by atomic mass is 10.1. The zero-order chi connectivity index (χ0) is 17.9. The van der Waals surface area contributed by atoms with Crippen molar-refractivity contribution in [3.8, 4) is 17.2 Å². The second kappa shape index (κ2) is 6.76. The molecule has 0 N–H and O–H groups in total. The normalized spacial score (nSPS) is 12.0. The largest absolute Gasteiger partial charge is 0.454 e. The number of ether oxygens (including phenoxy) is 3. The third-order valence-electron chi connectivity index (χ3n) is 4.03. The Bertz CT molecular complexity index is 945. The molecule has 26 heavy (non-hydrogen) atoms. The first-order valence-corrected chi connectivity index (χ1v) is 8.04. The summed E-state index contributed by atoms with van der Waals surface area (Å²) in [6.07, 6.45) is 3.83. The monoisotopic (exact) mass is 349 g/mol. The quantitative estimate of drug-likeness (QED) is 0.522. The second-order valence-electron chi connectivity index (χ2n) is 5.70. The van der Waals surface area contributed by atoms with E-state index in [0.29, 0.717) is 22.6 Å². The maximum absolute atomic E-state index is 12.2. The van der Waals surface area contributed by atoms with Crippen LogP contribution >= 0.6 is 0 Å². The van der Waals surface area contributed by atoms with Gasteiger partial charge >= 0.3 is 5.97 Å². The summed E-state index contributed by atoms with van der Waals surface area (Å²) in [5.74, 6) is 0.267. The topological polar surface area (TPSA) is 66.8 Å². The molecule has 0 radical (unpaired) electrons. The van der Waals surface area contributed by atoms with Gasteiger partial charge in [-0.3, -0.25) is 4.79 Å². The fourth-order valence-electron chi connectivity index (χ4n) is 2.64. The van der Waals surface area contributed by atoms with Crippen molar-refractivity contribution in [2.24, 2.45) is 0 Å². The number of hydrogen-bond acceptors (Lipinski definition) is 5. The molecule has 0 saturated carbocycles. The number of esters is 1. The van der Waals surface area contributed by atoms with Crippen molar-refractivity contribution < 1.29 is 23.8 Å². The molecule has 130 valence electrons.